The summed E-state index contributed by atoms with van der Waals surface area (Å²) in [5.41, 5.74) is -0.100. The second-order valence-corrected chi connectivity index (χ2v) is 6.13. The summed E-state index contributed by atoms with van der Waals surface area (Å²) in [7, 11) is -4.04. The number of ether oxygens (including phenoxy) is 1. The number of carbonyl (C=O) groups is 1. The fourth-order valence-corrected chi connectivity index (χ4v) is 2.97. The fraction of sp³-hybridized carbons (Fsp3) is 0.636. The first kappa shape index (κ1) is 14.0. The van der Waals surface area contributed by atoms with E-state index in [1.807, 2.05) is 6.92 Å². The number of hydrogen-bond acceptors (Lipinski definition) is 5. The van der Waals surface area contributed by atoms with E-state index in [1.54, 1.807) is 6.92 Å². The summed E-state index contributed by atoms with van der Waals surface area (Å²) < 4.78 is 29.5. The Morgan fingerprint density at radius 2 is 2.26 bits per heavy atom. The van der Waals surface area contributed by atoms with Crippen LogP contribution in [0.15, 0.2) is 11.2 Å². The number of hydrogen-bond donors (Lipinski definition) is 1. The van der Waals surface area contributed by atoms with Gasteiger partial charge in [0.05, 0.1) is 18.8 Å². The van der Waals surface area contributed by atoms with E-state index in [0.717, 1.165) is 12.8 Å². The number of sulfonamides is 1. The van der Waals surface area contributed by atoms with Crippen molar-refractivity contribution in [3.8, 4) is 0 Å². The van der Waals surface area contributed by atoms with Gasteiger partial charge in [-0.05, 0) is 32.6 Å². The SMILES string of the molecule is CCOC(=O)c1cnn(C(C)C2CC2)c1S(N)(=O)=O. The molecule has 0 saturated heterocycles. The molecule has 1 aromatic heterocycles. The van der Waals surface area contributed by atoms with Crippen LogP contribution in [0.1, 0.15) is 43.1 Å². The van der Waals surface area contributed by atoms with Crippen molar-refractivity contribution in [2.75, 3.05) is 6.61 Å². The van der Waals surface area contributed by atoms with Gasteiger partial charge in [-0.15, -0.1) is 0 Å². The van der Waals surface area contributed by atoms with Gasteiger partial charge >= 0.3 is 5.97 Å². The number of nitrogens with two attached hydrogens (primary N) is 1. The van der Waals surface area contributed by atoms with Crippen LogP contribution in [0.25, 0.3) is 0 Å². The minimum absolute atomic E-state index is 0.100. The summed E-state index contributed by atoms with van der Waals surface area (Å²) in [6, 6.07) is -0.100. The first-order valence-corrected chi connectivity index (χ1v) is 7.68. The van der Waals surface area contributed by atoms with E-state index < -0.39 is 16.0 Å². The minimum Gasteiger partial charge on any atom is -0.462 e. The van der Waals surface area contributed by atoms with Gasteiger partial charge < -0.3 is 4.74 Å². The van der Waals surface area contributed by atoms with Crippen LogP contribution >= 0.6 is 0 Å². The molecule has 1 atom stereocenters. The van der Waals surface area contributed by atoms with E-state index in [9.17, 15) is 13.2 Å². The van der Waals surface area contributed by atoms with E-state index in [1.165, 1.54) is 10.9 Å². The molecule has 0 aliphatic heterocycles. The molecular weight excluding hydrogens is 270 g/mol. The van der Waals surface area contributed by atoms with Crippen LogP contribution in [-0.2, 0) is 14.8 Å². The average molecular weight is 287 g/mol. The lowest BCUT2D eigenvalue weighted by Crippen LogP contribution is -2.23. The molecule has 1 saturated carbocycles. The van der Waals surface area contributed by atoms with Gasteiger partial charge in [0.1, 0.15) is 5.56 Å². The highest BCUT2D eigenvalue weighted by molar-refractivity contribution is 7.89. The van der Waals surface area contributed by atoms with Crippen molar-refractivity contribution >= 4 is 16.0 Å². The van der Waals surface area contributed by atoms with E-state index in [0.29, 0.717) is 5.92 Å². The fourth-order valence-electron chi connectivity index (χ4n) is 2.05. The Labute approximate surface area is 111 Å². The van der Waals surface area contributed by atoms with Crippen molar-refractivity contribution in [3.05, 3.63) is 11.8 Å². The molecule has 106 valence electrons. The van der Waals surface area contributed by atoms with E-state index in [-0.39, 0.29) is 23.2 Å². The number of primary sulfonamides is 1. The largest absolute Gasteiger partial charge is 0.462 e. The van der Waals surface area contributed by atoms with E-state index in [4.69, 9.17) is 9.88 Å². The maximum Gasteiger partial charge on any atom is 0.342 e. The predicted molar refractivity (Wildman–Crippen MR) is 67.0 cm³/mol. The molecule has 1 aromatic rings. The summed E-state index contributed by atoms with van der Waals surface area (Å²) >= 11 is 0. The maximum atomic E-state index is 11.7. The van der Waals surface area contributed by atoms with Crippen LogP contribution < -0.4 is 5.14 Å². The summed E-state index contributed by atoms with van der Waals surface area (Å²) in [6.07, 6.45) is 3.26. The first-order chi connectivity index (χ1) is 8.86. The normalized spacial score (nSPS) is 17.2. The van der Waals surface area contributed by atoms with Crippen LogP contribution in [0, 0.1) is 5.92 Å². The number of rotatable bonds is 5. The molecule has 2 N–H and O–H groups in total. The Morgan fingerprint density at radius 3 is 2.74 bits per heavy atom. The number of aromatic nitrogens is 2. The number of nitrogens with zero attached hydrogens (tertiary/aromatic N) is 2. The smallest absolute Gasteiger partial charge is 0.342 e. The standard InChI is InChI=1S/C11H17N3O4S/c1-3-18-11(15)9-6-13-14(7(2)8-4-5-8)10(9)19(12,16)17/h6-8H,3-5H2,1-2H3,(H2,12,16,17). The molecule has 1 aliphatic carbocycles. The highest BCUT2D eigenvalue weighted by Crippen LogP contribution is 2.40. The summed E-state index contributed by atoms with van der Waals surface area (Å²) in [4.78, 5) is 11.7. The van der Waals surface area contributed by atoms with Crippen LogP contribution in [0.3, 0.4) is 0 Å². The Balaban J connectivity index is 2.48. The monoisotopic (exact) mass is 287 g/mol. The van der Waals surface area contributed by atoms with Crippen molar-refractivity contribution < 1.29 is 17.9 Å². The third-order valence-corrected chi connectivity index (χ3v) is 4.15. The molecule has 0 radical (unpaired) electrons. The molecule has 0 aromatic carbocycles. The second kappa shape index (κ2) is 4.93. The molecule has 19 heavy (non-hydrogen) atoms. The third kappa shape index (κ3) is 2.79. The van der Waals surface area contributed by atoms with Gasteiger partial charge in [0, 0.05) is 0 Å². The Morgan fingerprint density at radius 1 is 1.63 bits per heavy atom. The van der Waals surface area contributed by atoms with Gasteiger partial charge in [0.2, 0.25) is 0 Å². The van der Waals surface area contributed by atoms with Crippen LogP contribution in [0.2, 0.25) is 0 Å². The van der Waals surface area contributed by atoms with Crippen LogP contribution in [0.5, 0.6) is 0 Å². The van der Waals surface area contributed by atoms with E-state index >= 15 is 0 Å². The number of esters is 1. The van der Waals surface area contributed by atoms with Gasteiger partial charge in [-0.1, -0.05) is 0 Å². The molecular formula is C11H17N3O4S. The van der Waals surface area contributed by atoms with E-state index in [2.05, 4.69) is 5.10 Å². The predicted octanol–water partition coefficient (Wildman–Crippen LogP) is 0.678. The molecule has 1 unspecified atom stereocenters. The van der Waals surface area contributed by atoms with Crippen molar-refractivity contribution in [2.24, 2.45) is 11.1 Å². The Hall–Kier alpha value is -1.41. The van der Waals surface area contributed by atoms with Crippen molar-refractivity contribution in [1.82, 2.24) is 9.78 Å². The Kier molecular flexibility index (Phi) is 3.64. The molecule has 0 spiro atoms. The van der Waals surface area contributed by atoms with Gasteiger partial charge in [0.15, 0.2) is 5.03 Å². The Bertz CT molecular complexity index is 589. The average Bonchev–Trinajstić information content (AvgIpc) is 3.04. The van der Waals surface area contributed by atoms with Gasteiger partial charge in [0.25, 0.3) is 10.0 Å². The maximum absolute atomic E-state index is 11.7. The zero-order chi connectivity index (χ0) is 14.2. The van der Waals surface area contributed by atoms with Crippen molar-refractivity contribution in [1.29, 1.82) is 0 Å². The minimum atomic E-state index is -4.04. The molecule has 1 aliphatic rings. The third-order valence-electron chi connectivity index (χ3n) is 3.20. The lowest BCUT2D eigenvalue weighted by atomic mass is 10.2. The molecule has 2 rings (SSSR count). The summed E-state index contributed by atoms with van der Waals surface area (Å²) in [6.45, 7) is 3.67. The van der Waals surface area contributed by atoms with Gasteiger partial charge in [-0.2, -0.15) is 5.10 Å². The zero-order valence-electron chi connectivity index (χ0n) is 10.9. The molecule has 0 amide bonds. The second-order valence-electron chi connectivity index (χ2n) is 4.65. The van der Waals surface area contributed by atoms with Crippen LogP contribution in [0.4, 0.5) is 0 Å². The quantitative estimate of drug-likeness (QED) is 0.802. The molecule has 7 nitrogen and oxygen atoms in total. The first-order valence-electron chi connectivity index (χ1n) is 6.13. The summed E-state index contributed by atoms with van der Waals surface area (Å²) in [5.74, 6) is -0.337. The van der Waals surface area contributed by atoms with Crippen molar-refractivity contribution in [3.63, 3.8) is 0 Å². The lowest BCUT2D eigenvalue weighted by Gasteiger charge is -2.14. The van der Waals surface area contributed by atoms with Gasteiger partial charge in [-0.3, -0.25) is 0 Å². The highest BCUT2D eigenvalue weighted by atomic mass is 32.2. The van der Waals surface area contributed by atoms with Crippen LogP contribution in [-0.4, -0.2) is 30.8 Å². The number of carbonyl (C=O) groups excluding carboxylic acids is 1. The molecule has 0 bridgehead atoms. The topological polar surface area (TPSA) is 104 Å². The molecule has 1 fully saturated rings. The zero-order valence-corrected chi connectivity index (χ0v) is 11.7. The van der Waals surface area contributed by atoms with Gasteiger partial charge in [-0.25, -0.2) is 23.0 Å². The highest BCUT2D eigenvalue weighted by Gasteiger charge is 2.35. The molecule has 1 heterocycles. The summed E-state index contributed by atoms with van der Waals surface area (Å²) in [5, 5.41) is 8.94. The lowest BCUT2D eigenvalue weighted by molar-refractivity contribution is 0.0521. The molecule has 8 heteroatoms. The van der Waals surface area contributed by atoms with Crippen molar-refractivity contribution in [2.45, 2.75) is 37.8 Å².